The molecule has 0 unspecified atom stereocenters. The van der Waals surface area contributed by atoms with Crippen LogP contribution in [0.4, 0.5) is 0 Å². The summed E-state index contributed by atoms with van der Waals surface area (Å²) >= 11 is 0. The number of methoxy groups -OCH3 is 1. The van der Waals surface area contributed by atoms with Crippen LogP contribution in [-0.4, -0.2) is 38.7 Å². The van der Waals surface area contributed by atoms with Gasteiger partial charge in [0.2, 0.25) is 5.75 Å². The van der Waals surface area contributed by atoms with E-state index in [0.29, 0.717) is 30.3 Å². The Kier molecular flexibility index (Phi) is 6.19. The summed E-state index contributed by atoms with van der Waals surface area (Å²) in [5, 5.41) is 0. The molecule has 0 aromatic heterocycles. The molecular formula is C22H24O6. The molecule has 0 atom stereocenters. The molecule has 0 aliphatic heterocycles. The molecule has 0 spiro atoms. The maximum atomic E-state index is 11.9. The summed E-state index contributed by atoms with van der Waals surface area (Å²) in [7, 11) is 1.55. The molecule has 0 saturated carbocycles. The van der Waals surface area contributed by atoms with E-state index in [-0.39, 0.29) is 19.0 Å². The van der Waals surface area contributed by atoms with Gasteiger partial charge >= 0.3 is 5.97 Å². The Morgan fingerprint density at radius 3 is 2.46 bits per heavy atom. The van der Waals surface area contributed by atoms with Gasteiger partial charge in [-0.05, 0) is 43.5 Å². The van der Waals surface area contributed by atoms with E-state index in [4.69, 9.17) is 18.9 Å². The molecule has 0 heterocycles. The van der Waals surface area contributed by atoms with Crippen molar-refractivity contribution in [2.75, 3.05) is 26.9 Å². The van der Waals surface area contributed by atoms with Crippen molar-refractivity contribution >= 4 is 11.8 Å². The van der Waals surface area contributed by atoms with Crippen molar-refractivity contribution in [2.24, 2.45) is 0 Å². The van der Waals surface area contributed by atoms with Gasteiger partial charge in [0.05, 0.1) is 20.3 Å². The van der Waals surface area contributed by atoms with Crippen LogP contribution in [0.25, 0.3) is 11.1 Å². The van der Waals surface area contributed by atoms with Crippen LogP contribution in [0.15, 0.2) is 30.3 Å². The second kappa shape index (κ2) is 8.78. The number of Topliss-reactive ketones (excluding diaryl/α,β-unsaturated/α-hetero) is 1. The third-order valence-electron chi connectivity index (χ3n) is 4.56. The van der Waals surface area contributed by atoms with Crippen molar-refractivity contribution < 1.29 is 28.5 Å². The second-order valence-electron chi connectivity index (χ2n) is 6.30. The minimum Gasteiger partial charge on any atom is -0.493 e. The third kappa shape index (κ3) is 3.96. The van der Waals surface area contributed by atoms with Crippen molar-refractivity contribution in [1.82, 2.24) is 0 Å². The molecule has 6 heteroatoms. The highest BCUT2D eigenvalue weighted by Gasteiger charge is 2.23. The highest BCUT2D eigenvalue weighted by atomic mass is 16.6. The average molecular weight is 384 g/mol. The number of hydrogen-bond acceptors (Lipinski definition) is 6. The van der Waals surface area contributed by atoms with E-state index in [2.05, 4.69) is 0 Å². The smallest absolute Gasteiger partial charge is 0.344 e. The monoisotopic (exact) mass is 384 g/mol. The van der Waals surface area contributed by atoms with Crippen LogP contribution < -0.4 is 14.2 Å². The Morgan fingerprint density at radius 2 is 1.75 bits per heavy atom. The fraction of sp³-hybridized carbons (Fsp3) is 0.364. The first-order valence-corrected chi connectivity index (χ1v) is 9.37. The molecule has 28 heavy (non-hydrogen) atoms. The number of carbonyl (C=O) groups excluding carboxylic acids is 2. The summed E-state index contributed by atoms with van der Waals surface area (Å²) in [6.45, 7) is 4.06. The normalized spacial score (nSPS) is 12.5. The fourth-order valence-corrected chi connectivity index (χ4v) is 3.31. The van der Waals surface area contributed by atoms with Crippen LogP contribution in [-0.2, 0) is 16.0 Å². The second-order valence-corrected chi connectivity index (χ2v) is 6.30. The van der Waals surface area contributed by atoms with Gasteiger partial charge in [0, 0.05) is 17.5 Å². The van der Waals surface area contributed by atoms with Crippen LogP contribution in [0.1, 0.15) is 36.2 Å². The van der Waals surface area contributed by atoms with E-state index in [1.54, 1.807) is 20.1 Å². The molecule has 1 aliphatic carbocycles. The Bertz CT molecular complexity index is 887. The molecule has 148 valence electrons. The Labute approximate surface area is 164 Å². The van der Waals surface area contributed by atoms with Gasteiger partial charge in [0.15, 0.2) is 23.9 Å². The van der Waals surface area contributed by atoms with Gasteiger partial charge in [-0.15, -0.1) is 0 Å². The van der Waals surface area contributed by atoms with Crippen molar-refractivity contribution in [1.29, 1.82) is 0 Å². The van der Waals surface area contributed by atoms with Crippen molar-refractivity contribution in [3.05, 3.63) is 41.5 Å². The lowest BCUT2D eigenvalue weighted by Crippen LogP contribution is -2.15. The predicted molar refractivity (Wildman–Crippen MR) is 104 cm³/mol. The SMILES string of the molecule is CCOC(=O)COc1c(-c2ccc3c(c2)CCC3=O)ccc(OC)c1OCC. The number of hydrogen-bond donors (Lipinski definition) is 0. The van der Waals surface area contributed by atoms with Crippen LogP contribution >= 0.6 is 0 Å². The van der Waals surface area contributed by atoms with E-state index >= 15 is 0 Å². The van der Waals surface area contributed by atoms with Crippen molar-refractivity contribution in [3.8, 4) is 28.4 Å². The molecular weight excluding hydrogens is 360 g/mol. The first-order chi connectivity index (χ1) is 13.6. The summed E-state index contributed by atoms with van der Waals surface area (Å²) in [6, 6.07) is 9.39. The van der Waals surface area contributed by atoms with E-state index in [9.17, 15) is 9.59 Å². The summed E-state index contributed by atoms with van der Waals surface area (Å²) in [4.78, 5) is 23.7. The lowest BCUT2D eigenvalue weighted by Gasteiger charge is -2.18. The van der Waals surface area contributed by atoms with Crippen molar-refractivity contribution in [3.63, 3.8) is 0 Å². The van der Waals surface area contributed by atoms with Crippen molar-refractivity contribution in [2.45, 2.75) is 26.7 Å². The number of benzene rings is 2. The number of rotatable bonds is 8. The quantitative estimate of drug-likeness (QED) is 0.644. The summed E-state index contributed by atoms with van der Waals surface area (Å²) in [6.07, 6.45) is 1.27. The fourth-order valence-electron chi connectivity index (χ4n) is 3.31. The highest BCUT2D eigenvalue weighted by molar-refractivity contribution is 6.01. The molecule has 0 N–H and O–H groups in total. The molecule has 1 aliphatic rings. The van der Waals surface area contributed by atoms with Crippen LogP contribution in [0.2, 0.25) is 0 Å². The molecule has 3 rings (SSSR count). The van der Waals surface area contributed by atoms with Gasteiger partial charge in [-0.3, -0.25) is 4.79 Å². The molecule has 2 aromatic carbocycles. The number of aryl methyl sites for hydroxylation is 1. The first kappa shape index (κ1) is 19.7. The number of ether oxygens (including phenoxy) is 4. The molecule has 6 nitrogen and oxygen atoms in total. The summed E-state index contributed by atoms with van der Waals surface area (Å²) in [5.74, 6) is 1.08. The largest absolute Gasteiger partial charge is 0.493 e. The average Bonchev–Trinajstić information content (AvgIpc) is 3.07. The number of fused-ring (bicyclic) bond motifs is 1. The van der Waals surface area contributed by atoms with Crippen LogP contribution in [0.3, 0.4) is 0 Å². The lowest BCUT2D eigenvalue weighted by molar-refractivity contribution is -0.145. The Balaban J connectivity index is 2.05. The zero-order valence-electron chi connectivity index (χ0n) is 16.4. The molecule has 0 fully saturated rings. The maximum Gasteiger partial charge on any atom is 0.344 e. The highest BCUT2D eigenvalue weighted by Crippen LogP contribution is 2.45. The van der Waals surface area contributed by atoms with E-state index < -0.39 is 5.97 Å². The van der Waals surface area contributed by atoms with Crippen LogP contribution in [0.5, 0.6) is 17.2 Å². The zero-order chi connectivity index (χ0) is 20.1. The minimum atomic E-state index is -0.460. The molecule has 0 bridgehead atoms. The van der Waals surface area contributed by atoms with Gasteiger partial charge in [0.25, 0.3) is 0 Å². The van der Waals surface area contributed by atoms with Gasteiger partial charge < -0.3 is 18.9 Å². The maximum absolute atomic E-state index is 11.9. The topological polar surface area (TPSA) is 71.1 Å². The zero-order valence-corrected chi connectivity index (χ0v) is 16.4. The Morgan fingerprint density at radius 1 is 0.964 bits per heavy atom. The molecule has 0 amide bonds. The Hall–Kier alpha value is -3.02. The predicted octanol–water partition coefficient (Wildman–Crippen LogP) is 3.83. The molecule has 0 saturated heterocycles. The standard InChI is InChI=1S/C22H24O6/c1-4-26-20(24)13-28-21-17(9-11-19(25-3)22(21)27-5-2)15-6-8-16-14(12-15)7-10-18(16)23/h6,8-9,11-12H,4-5,7,10,13H2,1-3H3. The van der Waals surface area contributed by atoms with E-state index in [1.807, 2.05) is 31.2 Å². The molecule has 2 aromatic rings. The number of ketones is 1. The van der Waals surface area contributed by atoms with Gasteiger partial charge in [-0.2, -0.15) is 0 Å². The summed E-state index contributed by atoms with van der Waals surface area (Å²) < 4.78 is 22.0. The third-order valence-corrected chi connectivity index (χ3v) is 4.56. The van der Waals surface area contributed by atoms with Gasteiger partial charge in [0.1, 0.15) is 0 Å². The number of esters is 1. The molecule has 0 radical (unpaired) electrons. The van der Waals surface area contributed by atoms with Gasteiger partial charge in [-0.25, -0.2) is 4.79 Å². The summed E-state index contributed by atoms with van der Waals surface area (Å²) in [5.41, 5.74) is 3.44. The lowest BCUT2D eigenvalue weighted by atomic mass is 9.99. The van der Waals surface area contributed by atoms with E-state index in [0.717, 1.165) is 28.7 Å². The first-order valence-electron chi connectivity index (χ1n) is 9.37. The van der Waals surface area contributed by atoms with E-state index in [1.165, 1.54) is 0 Å². The number of carbonyl (C=O) groups is 2. The van der Waals surface area contributed by atoms with Crippen LogP contribution in [0, 0.1) is 0 Å². The van der Waals surface area contributed by atoms with Gasteiger partial charge in [-0.1, -0.05) is 18.2 Å². The minimum absolute atomic E-state index is 0.171.